The van der Waals surface area contributed by atoms with Crippen LogP contribution in [0.25, 0.3) is 22.8 Å². The predicted octanol–water partition coefficient (Wildman–Crippen LogP) is 5.19. The maximum absolute atomic E-state index is 11.5. The molecule has 0 saturated heterocycles. The second-order valence-electron chi connectivity index (χ2n) is 4.97. The van der Waals surface area contributed by atoms with Gasteiger partial charge >= 0.3 is 0 Å². The molecule has 0 fully saturated rings. The highest BCUT2D eigenvalue weighted by molar-refractivity contribution is 6.54. The highest BCUT2D eigenvalue weighted by atomic mass is 35.5. The number of carbonyl (C=O) groups is 1. The van der Waals surface area contributed by atoms with Gasteiger partial charge in [-0.2, -0.15) is 5.10 Å². The van der Waals surface area contributed by atoms with Gasteiger partial charge in [0.15, 0.2) is 16.5 Å². The van der Waals surface area contributed by atoms with Crippen LogP contribution in [0.2, 0.25) is 10.0 Å². The first-order chi connectivity index (χ1) is 12.0. The van der Waals surface area contributed by atoms with Gasteiger partial charge in [0.25, 0.3) is 5.91 Å². The number of alkyl halides is 2. The Kier molecular flexibility index (Phi) is 5.49. The van der Waals surface area contributed by atoms with E-state index in [1.54, 1.807) is 42.5 Å². The summed E-state index contributed by atoms with van der Waals surface area (Å²) in [5.74, 6) is 0.441. The first-order valence-corrected chi connectivity index (χ1v) is 8.65. The van der Waals surface area contributed by atoms with Crippen LogP contribution >= 0.6 is 46.4 Å². The lowest BCUT2D eigenvalue weighted by Crippen LogP contribution is -2.18. The minimum Gasteiger partial charge on any atom is -0.324 e. The Morgan fingerprint density at radius 1 is 1.04 bits per heavy atom. The number of carbonyl (C=O) groups excluding carboxylic acids is 1. The summed E-state index contributed by atoms with van der Waals surface area (Å²) in [5, 5.41) is 10.5. The zero-order valence-electron chi connectivity index (χ0n) is 12.4. The second-order valence-corrected chi connectivity index (χ2v) is 6.88. The molecule has 5 nitrogen and oxygen atoms in total. The van der Waals surface area contributed by atoms with Gasteiger partial charge < -0.3 is 5.32 Å². The summed E-state index contributed by atoms with van der Waals surface area (Å²) in [6.07, 6.45) is 0. The molecule has 0 aliphatic carbocycles. The van der Waals surface area contributed by atoms with Gasteiger partial charge in [0.2, 0.25) is 0 Å². The molecule has 0 aliphatic heterocycles. The lowest BCUT2D eigenvalue weighted by molar-refractivity contribution is -0.114. The van der Waals surface area contributed by atoms with E-state index in [1.165, 1.54) is 0 Å². The summed E-state index contributed by atoms with van der Waals surface area (Å²) >= 11 is 23.4. The summed E-state index contributed by atoms with van der Waals surface area (Å²) in [4.78, 5) is 14.8. The Balaban J connectivity index is 1.84. The molecule has 0 bridgehead atoms. The molecule has 2 N–H and O–H groups in total. The predicted molar refractivity (Wildman–Crippen MR) is 101 cm³/mol. The number of aromatic nitrogens is 3. The summed E-state index contributed by atoms with van der Waals surface area (Å²) < 4.78 is 0. The van der Waals surface area contributed by atoms with Crippen LogP contribution in [0.3, 0.4) is 0 Å². The molecule has 1 heterocycles. The molecule has 0 aliphatic rings. The van der Waals surface area contributed by atoms with Crippen LogP contribution in [0.15, 0.2) is 42.5 Å². The Morgan fingerprint density at radius 2 is 1.68 bits per heavy atom. The molecule has 25 heavy (non-hydrogen) atoms. The number of hydrogen-bond acceptors (Lipinski definition) is 3. The molecular weight excluding hydrogens is 406 g/mol. The number of aromatic amines is 1. The number of benzene rings is 2. The van der Waals surface area contributed by atoms with Crippen LogP contribution in [0.1, 0.15) is 0 Å². The minimum absolute atomic E-state index is 0.468. The monoisotopic (exact) mass is 414 g/mol. The van der Waals surface area contributed by atoms with Gasteiger partial charge in [-0.05, 0) is 36.4 Å². The Bertz CT molecular complexity index is 889. The SMILES string of the molecule is O=C(Nc1ccc(-c2n[nH]c(-c3c(Cl)cccc3Cl)n2)cc1)C(Cl)Cl. The number of rotatable bonds is 4. The highest BCUT2D eigenvalue weighted by Gasteiger charge is 2.15. The van der Waals surface area contributed by atoms with E-state index in [1.807, 2.05) is 0 Å². The molecule has 0 saturated carbocycles. The molecular formula is C16H10Cl4N4O. The number of H-pyrrole nitrogens is 1. The van der Waals surface area contributed by atoms with E-state index in [4.69, 9.17) is 46.4 Å². The van der Waals surface area contributed by atoms with Gasteiger partial charge in [-0.25, -0.2) is 4.98 Å². The van der Waals surface area contributed by atoms with Crippen molar-refractivity contribution < 1.29 is 4.79 Å². The standard InChI is InChI=1S/C16H10Cl4N4O/c17-10-2-1-3-11(18)12(10)15-22-14(23-24-15)8-4-6-9(7-5-8)21-16(25)13(19)20/h1-7,13H,(H,21,25)(H,22,23,24). The Morgan fingerprint density at radius 3 is 2.28 bits per heavy atom. The molecule has 1 aromatic heterocycles. The molecule has 3 aromatic rings. The third-order valence-electron chi connectivity index (χ3n) is 3.29. The lowest BCUT2D eigenvalue weighted by Gasteiger charge is -2.05. The molecule has 0 unspecified atom stereocenters. The molecule has 0 radical (unpaired) electrons. The maximum atomic E-state index is 11.5. The topological polar surface area (TPSA) is 70.7 Å². The van der Waals surface area contributed by atoms with Crippen molar-refractivity contribution >= 4 is 58.0 Å². The van der Waals surface area contributed by atoms with Crippen molar-refractivity contribution in [3.05, 3.63) is 52.5 Å². The van der Waals surface area contributed by atoms with Crippen molar-refractivity contribution in [2.75, 3.05) is 5.32 Å². The van der Waals surface area contributed by atoms with E-state index >= 15 is 0 Å². The number of amides is 1. The Hall–Kier alpha value is -1.79. The molecule has 2 aromatic carbocycles. The average molecular weight is 416 g/mol. The third-order valence-corrected chi connectivity index (χ3v) is 4.32. The van der Waals surface area contributed by atoms with E-state index < -0.39 is 10.7 Å². The van der Waals surface area contributed by atoms with Gasteiger partial charge in [-0.1, -0.05) is 52.5 Å². The molecule has 9 heteroatoms. The number of hydrogen-bond donors (Lipinski definition) is 2. The quantitative estimate of drug-likeness (QED) is 0.576. The zero-order chi connectivity index (χ0) is 18.0. The van der Waals surface area contributed by atoms with Crippen molar-refractivity contribution in [2.45, 2.75) is 4.84 Å². The van der Waals surface area contributed by atoms with E-state index in [9.17, 15) is 4.79 Å². The maximum Gasteiger partial charge on any atom is 0.257 e. The van der Waals surface area contributed by atoms with Crippen LogP contribution in [0.5, 0.6) is 0 Å². The van der Waals surface area contributed by atoms with Crippen LogP contribution in [0, 0.1) is 0 Å². The number of anilines is 1. The first-order valence-electron chi connectivity index (χ1n) is 7.02. The van der Waals surface area contributed by atoms with E-state index in [0.717, 1.165) is 5.56 Å². The molecule has 3 rings (SSSR count). The van der Waals surface area contributed by atoms with Crippen LogP contribution < -0.4 is 5.32 Å². The fraction of sp³-hybridized carbons (Fsp3) is 0.0625. The largest absolute Gasteiger partial charge is 0.324 e. The first kappa shape index (κ1) is 18.0. The van der Waals surface area contributed by atoms with Gasteiger partial charge in [0.1, 0.15) is 0 Å². The van der Waals surface area contributed by atoms with Crippen LogP contribution in [-0.4, -0.2) is 25.9 Å². The van der Waals surface area contributed by atoms with Crippen molar-refractivity contribution in [1.29, 1.82) is 0 Å². The Labute approximate surface area is 163 Å². The molecule has 0 spiro atoms. The van der Waals surface area contributed by atoms with Gasteiger partial charge in [-0.3, -0.25) is 9.89 Å². The van der Waals surface area contributed by atoms with Crippen LogP contribution in [0.4, 0.5) is 5.69 Å². The van der Waals surface area contributed by atoms with Crippen LogP contribution in [-0.2, 0) is 4.79 Å². The summed E-state index contributed by atoms with van der Waals surface area (Å²) in [7, 11) is 0. The number of nitrogens with zero attached hydrogens (tertiary/aromatic N) is 2. The van der Waals surface area contributed by atoms with Crippen molar-refractivity contribution in [3.63, 3.8) is 0 Å². The minimum atomic E-state index is -1.13. The fourth-order valence-electron chi connectivity index (χ4n) is 2.13. The van der Waals surface area contributed by atoms with Gasteiger partial charge in [0.05, 0.1) is 15.6 Å². The smallest absolute Gasteiger partial charge is 0.257 e. The fourth-order valence-corrected chi connectivity index (χ4v) is 2.81. The molecule has 128 valence electrons. The van der Waals surface area contributed by atoms with E-state index in [-0.39, 0.29) is 0 Å². The zero-order valence-corrected chi connectivity index (χ0v) is 15.5. The average Bonchev–Trinajstić information content (AvgIpc) is 3.05. The van der Waals surface area contributed by atoms with E-state index in [0.29, 0.717) is 32.9 Å². The van der Waals surface area contributed by atoms with Gasteiger partial charge in [-0.15, -0.1) is 0 Å². The molecule has 1 amide bonds. The van der Waals surface area contributed by atoms with Crippen molar-refractivity contribution in [1.82, 2.24) is 15.2 Å². The van der Waals surface area contributed by atoms with Gasteiger partial charge in [0, 0.05) is 11.3 Å². The lowest BCUT2D eigenvalue weighted by atomic mass is 10.2. The second kappa shape index (κ2) is 7.62. The number of nitrogens with one attached hydrogen (secondary N) is 2. The summed E-state index contributed by atoms with van der Waals surface area (Å²) in [6, 6.07) is 12.1. The third kappa shape index (κ3) is 4.07. The highest BCUT2D eigenvalue weighted by Crippen LogP contribution is 2.33. The normalized spacial score (nSPS) is 10.9. The summed E-state index contributed by atoms with van der Waals surface area (Å²) in [5.41, 5.74) is 1.89. The van der Waals surface area contributed by atoms with E-state index in [2.05, 4.69) is 20.5 Å². The number of halogens is 4. The van der Waals surface area contributed by atoms with Crippen molar-refractivity contribution in [2.24, 2.45) is 0 Å². The molecule has 0 atom stereocenters. The van der Waals surface area contributed by atoms with Crippen molar-refractivity contribution in [3.8, 4) is 22.8 Å². The summed E-state index contributed by atoms with van der Waals surface area (Å²) in [6.45, 7) is 0.